The van der Waals surface area contributed by atoms with Crippen LogP contribution in [0.5, 0.6) is 5.75 Å². The van der Waals surface area contributed by atoms with Crippen LogP contribution in [-0.2, 0) is 9.59 Å². The van der Waals surface area contributed by atoms with E-state index < -0.39 is 12.7 Å². The Bertz CT molecular complexity index is 1480. The lowest BCUT2D eigenvalue weighted by atomic mass is 10.1. The van der Waals surface area contributed by atoms with Crippen LogP contribution in [0.4, 0.5) is 20.4 Å². The molecular formula is C29H38F2N10O3S. The fourth-order valence-electron chi connectivity index (χ4n) is 6.08. The van der Waals surface area contributed by atoms with Crippen molar-refractivity contribution in [1.82, 2.24) is 39.3 Å². The molecule has 3 saturated heterocycles. The number of carbonyl (C=O) groups excluding carboxylic acids is 2. The zero-order valence-electron chi connectivity index (χ0n) is 25.2. The lowest BCUT2D eigenvalue weighted by molar-refractivity contribution is -0.135. The highest BCUT2D eigenvalue weighted by molar-refractivity contribution is 7.97. The molecule has 3 aliphatic rings. The van der Waals surface area contributed by atoms with E-state index in [1.807, 2.05) is 18.9 Å². The number of ether oxygens (including phenoxy) is 1. The Labute approximate surface area is 264 Å². The Hall–Kier alpha value is -3.63. The summed E-state index contributed by atoms with van der Waals surface area (Å²) in [7, 11) is 0. The number of amides is 2. The van der Waals surface area contributed by atoms with Crippen molar-refractivity contribution in [2.75, 3.05) is 61.8 Å². The summed E-state index contributed by atoms with van der Waals surface area (Å²) >= 11 is 1.91. The largest absolute Gasteiger partial charge is 0.432 e. The molecule has 0 aromatic carbocycles. The van der Waals surface area contributed by atoms with Crippen molar-refractivity contribution in [1.29, 1.82) is 0 Å². The van der Waals surface area contributed by atoms with E-state index in [1.165, 1.54) is 12.4 Å². The van der Waals surface area contributed by atoms with Gasteiger partial charge in [0.25, 0.3) is 5.91 Å². The van der Waals surface area contributed by atoms with Gasteiger partial charge in [0.1, 0.15) is 6.04 Å². The second-order valence-corrected chi connectivity index (χ2v) is 12.7. The van der Waals surface area contributed by atoms with Crippen LogP contribution < -0.4 is 20.3 Å². The number of carbonyl (C=O) groups is 2. The lowest BCUT2D eigenvalue weighted by Gasteiger charge is -2.36. The van der Waals surface area contributed by atoms with Crippen molar-refractivity contribution in [3.8, 4) is 5.75 Å². The van der Waals surface area contributed by atoms with Crippen molar-refractivity contribution in [2.24, 2.45) is 0 Å². The molecule has 13 nitrogen and oxygen atoms in total. The predicted octanol–water partition coefficient (Wildman–Crippen LogP) is 2.85. The molecule has 2 amide bonds. The number of piperazine rings is 1. The maximum atomic E-state index is 12.4. The van der Waals surface area contributed by atoms with Crippen LogP contribution in [0.2, 0.25) is 0 Å². The summed E-state index contributed by atoms with van der Waals surface area (Å²) in [6.45, 7) is 5.95. The number of piperidine rings is 2. The van der Waals surface area contributed by atoms with Crippen molar-refractivity contribution in [3.63, 3.8) is 0 Å². The molecule has 3 aromatic rings. The molecule has 0 spiro atoms. The molecule has 16 heteroatoms. The van der Waals surface area contributed by atoms with Crippen molar-refractivity contribution < 1.29 is 23.1 Å². The number of alkyl halides is 2. The topological polar surface area (TPSA) is 134 Å². The summed E-state index contributed by atoms with van der Waals surface area (Å²) in [5, 5.41) is 11.0. The first-order valence-electron chi connectivity index (χ1n) is 15.4. The Morgan fingerprint density at radius 3 is 2.53 bits per heavy atom. The molecule has 3 fully saturated rings. The van der Waals surface area contributed by atoms with Crippen molar-refractivity contribution >= 4 is 46.4 Å². The van der Waals surface area contributed by atoms with E-state index in [0.717, 1.165) is 87.6 Å². The number of nitrogens with zero attached hydrogens (tertiary/aromatic N) is 8. The molecule has 3 aliphatic heterocycles. The number of nitrogens with one attached hydrogen (secondary N) is 2. The first kappa shape index (κ1) is 31.4. The molecule has 1 unspecified atom stereocenters. The third kappa shape index (κ3) is 7.79. The molecule has 6 heterocycles. The molecular weight excluding hydrogens is 606 g/mol. The van der Waals surface area contributed by atoms with Crippen LogP contribution in [0.3, 0.4) is 0 Å². The molecule has 3 aromatic heterocycles. The molecule has 0 saturated carbocycles. The zero-order valence-corrected chi connectivity index (χ0v) is 26.0. The monoisotopic (exact) mass is 644 g/mol. The average molecular weight is 645 g/mol. The molecule has 6 rings (SSSR count). The van der Waals surface area contributed by atoms with Gasteiger partial charge in [0.15, 0.2) is 11.4 Å². The minimum Gasteiger partial charge on any atom is -0.432 e. The van der Waals surface area contributed by atoms with Gasteiger partial charge in [0.05, 0.1) is 30.0 Å². The summed E-state index contributed by atoms with van der Waals surface area (Å²) in [4.78, 5) is 41.8. The van der Waals surface area contributed by atoms with Gasteiger partial charge in [-0.3, -0.25) is 24.1 Å². The van der Waals surface area contributed by atoms with Gasteiger partial charge in [0.2, 0.25) is 11.9 Å². The fraction of sp³-hybridized carbons (Fsp3) is 0.586. The first-order chi connectivity index (χ1) is 21.8. The normalized spacial score (nSPS) is 20.6. The van der Waals surface area contributed by atoms with Crippen LogP contribution in [0, 0.1) is 6.92 Å². The highest BCUT2D eigenvalue weighted by Gasteiger charge is 2.30. The van der Waals surface area contributed by atoms with Crippen LogP contribution in [-0.4, -0.2) is 110 Å². The third-order valence-corrected chi connectivity index (χ3v) is 9.69. The van der Waals surface area contributed by atoms with E-state index in [1.54, 1.807) is 10.9 Å². The number of aromatic nitrogens is 5. The number of fused-ring (bicyclic) bond motifs is 1. The van der Waals surface area contributed by atoms with Gasteiger partial charge in [-0.2, -0.15) is 13.9 Å². The SMILES string of the molecule is Cc1nc2c(cnn2C2CCC(=O)NC2=O)cc1N1CCN(CCCSN2CCC(Nc3ncc(OC(F)F)cn3)CC2)CC1. The number of imide groups is 1. The molecule has 2 N–H and O–H groups in total. The second-order valence-electron chi connectivity index (χ2n) is 11.5. The van der Waals surface area contributed by atoms with Crippen molar-refractivity contribution in [3.05, 3.63) is 30.4 Å². The van der Waals surface area contributed by atoms with Crippen LogP contribution in [0.15, 0.2) is 24.7 Å². The van der Waals surface area contributed by atoms with Gasteiger partial charge >= 0.3 is 6.61 Å². The summed E-state index contributed by atoms with van der Waals surface area (Å²) in [5.74, 6) is 0.884. The summed E-state index contributed by atoms with van der Waals surface area (Å²) in [5.41, 5.74) is 2.68. The molecule has 242 valence electrons. The Morgan fingerprint density at radius 2 is 1.82 bits per heavy atom. The second kappa shape index (κ2) is 14.2. The minimum atomic E-state index is -2.89. The smallest absolute Gasteiger partial charge is 0.387 e. The molecule has 0 aliphatic carbocycles. The summed E-state index contributed by atoms with van der Waals surface area (Å²) < 4.78 is 33.0. The van der Waals surface area contributed by atoms with Crippen LogP contribution in [0.25, 0.3) is 11.0 Å². The molecule has 45 heavy (non-hydrogen) atoms. The molecule has 1 atom stereocenters. The predicted molar refractivity (Wildman–Crippen MR) is 166 cm³/mol. The summed E-state index contributed by atoms with van der Waals surface area (Å²) in [6.07, 6.45) is 8.05. The van der Waals surface area contributed by atoms with E-state index in [0.29, 0.717) is 24.4 Å². The molecule has 0 radical (unpaired) electrons. The van der Waals surface area contributed by atoms with E-state index >= 15 is 0 Å². The van der Waals surface area contributed by atoms with E-state index in [-0.39, 0.29) is 23.6 Å². The summed E-state index contributed by atoms with van der Waals surface area (Å²) in [6, 6.07) is 1.85. The van der Waals surface area contributed by atoms with E-state index in [9.17, 15) is 18.4 Å². The number of halogens is 2. The lowest BCUT2D eigenvalue weighted by Crippen LogP contribution is -2.47. The number of anilines is 2. The zero-order chi connectivity index (χ0) is 31.3. The minimum absolute atomic E-state index is 0.0489. The number of pyridine rings is 1. The van der Waals surface area contributed by atoms with E-state index in [4.69, 9.17) is 4.98 Å². The third-order valence-electron chi connectivity index (χ3n) is 8.48. The van der Waals surface area contributed by atoms with Gasteiger partial charge in [0, 0.05) is 62.9 Å². The quantitative estimate of drug-likeness (QED) is 0.181. The maximum Gasteiger partial charge on any atom is 0.387 e. The Kier molecular flexibility index (Phi) is 9.90. The molecule has 0 bridgehead atoms. The maximum absolute atomic E-state index is 12.4. The standard InChI is InChI=1S/C29H38F2N10O3S/c1-19-24(15-20-16-34-41(26(20)35-19)23-3-4-25(42)37-27(23)43)39-12-10-38(11-13-39)7-2-14-45-40-8-5-21(6-9-40)36-29-32-17-22(18-33-29)44-28(30)31/h15-18,21,23,28H,2-14H2,1H3,(H,32,33,36)(H,37,42,43). The Morgan fingerprint density at radius 1 is 1.07 bits per heavy atom. The van der Waals surface area contributed by atoms with Gasteiger partial charge in [-0.05, 0) is 45.2 Å². The average Bonchev–Trinajstić information content (AvgIpc) is 3.43. The number of aryl methyl sites for hydroxylation is 1. The number of hydrogen-bond donors (Lipinski definition) is 2. The number of rotatable bonds is 11. The fourth-order valence-corrected chi connectivity index (χ4v) is 7.06. The van der Waals surface area contributed by atoms with Crippen LogP contribution in [0.1, 0.15) is 43.8 Å². The highest BCUT2D eigenvalue weighted by atomic mass is 32.2. The van der Waals surface area contributed by atoms with Gasteiger partial charge < -0.3 is 15.0 Å². The Balaban J connectivity index is 0.896. The first-order valence-corrected chi connectivity index (χ1v) is 16.3. The van der Waals surface area contributed by atoms with E-state index in [2.05, 4.69) is 50.6 Å². The van der Waals surface area contributed by atoms with Crippen molar-refractivity contribution in [2.45, 2.75) is 57.7 Å². The van der Waals surface area contributed by atoms with Gasteiger partial charge in [-0.15, -0.1) is 0 Å². The van der Waals surface area contributed by atoms with Gasteiger partial charge in [-0.1, -0.05) is 11.9 Å². The highest BCUT2D eigenvalue weighted by Crippen LogP contribution is 2.29. The van der Waals surface area contributed by atoms with Crippen LogP contribution >= 0.6 is 11.9 Å². The number of hydrogen-bond acceptors (Lipinski definition) is 12. The van der Waals surface area contributed by atoms with Gasteiger partial charge in [-0.25, -0.2) is 19.6 Å².